The quantitative estimate of drug-likeness (QED) is 0.891. The third-order valence-corrected chi connectivity index (χ3v) is 3.44. The van der Waals surface area contributed by atoms with Crippen molar-refractivity contribution in [3.8, 4) is 5.75 Å². The Morgan fingerprint density at radius 2 is 2.10 bits per heavy atom. The van der Waals surface area contributed by atoms with Crippen LogP contribution in [0.25, 0.3) is 0 Å². The molecule has 0 aliphatic rings. The van der Waals surface area contributed by atoms with E-state index in [1.165, 1.54) is 9.58 Å². The van der Waals surface area contributed by atoms with Crippen LogP contribution in [0.3, 0.4) is 0 Å². The van der Waals surface area contributed by atoms with E-state index < -0.39 is 0 Å². The Balaban J connectivity index is 1.87. The number of anilines is 1. The van der Waals surface area contributed by atoms with E-state index in [-0.39, 0.29) is 11.6 Å². The molecule has 0 radical (unpaired) electrons. The standard InChI is InChI=1S/C14H17BrN4O2/c1-18(14(20)13-12(16)9-19(2)17-13)7-8-21-11-5-3-10(15)4-6-11/h3-6,9H,7-8,16H2,1-2H3. The number of likely N-dealkylation sites (N-methyl/N-ethyl adjacent to an activating group) is 1. The van der Waals surface area contributed by atoms with E-state index in [0.29, 0.717) is 18.8 Å². The van der Waals surface area contributed by atoms with Crippen LogP contribution in [-0.4, -0.2) is 40.8 Å². The van der Waals surface area contributed by atoms with Crippen molar-refractivity contribution in [2.24, 2.45) is 7.05 Å². The Morgan fingerprint density at radius 3 is 2.67 bits per heavy atom. The molecule has 0 saturated heterocycles. The molecule has 2 rings (SSSR count). The zero-order valence-corrected chi connectivity index (χ0v) is 13.5. The van der Waals surface area contributed by atoms with Gasteiger partial charge < -0.3 is 15.4 Å². The van der Waals surface area contributed by atoms with Crippen molar-refractivity contribution in [3.63, 3.8) is 0 Å². The number of aryl methyl sites for hydroxylation is 1. The van der Waals surface area contributed by atoms with E-state index in [4.69, 9.17) is 10.5 Å². The predicted molar refractivity (Wildman–Crippen MR) is 84.2 cm³/mol. The maximum Gasteiger partial charge on any atom is 0.276 e. The fourth-order valence-electron chi connectivity index (χ4n) is 1.79. The molecule has 2 N–H and O–H groups in total. The highest BCUT2D eigenvalue weighted by atomic mass is 79.9. The normalized spacial score (nSPS) is 10.4. The van der Waals surface area contributed by atoms with Crippen LogP contribution in [0.1, 0.15) is 10.5 Å². The number of amides is 1. The number of aromatic nitrogens is 2. The lowest BCUT2D eigenvalue weighted by Gasteiger charge is -2.16. The molecule has 0 fully saturated rings. The Bertz CT molecular complexity index is 624. The molecule has 112 valence electrons. The van der Waals surface area contributed by atoms with Gasteiger partial charge in [0.05, 0.1) is 12.2 Å². The van der Waals surface area contributed by atoms with E-state index in [0.717, 1.165) is 10.2 Å². The monoisotopic (exact) mass is 352 g/mol. The van der Waals surface area contributed by atoms with Gasteiger partial charge in [0.25, 0.3) is 5.91 Å². The molecule has 0 saturated carbocycles. The van der Waals surface area contributed by atoms with Crippen molar-refractivity contribution in [1.82, 2.24) is 14.7 Å². The highest BCUT2D eigenvalue weighted by molar-refractivity contribution is 9.10. The second-order valence-electron chi connectivity index (χ2n) is 4.64. The second kappa shape index (κ2) is 6.62. The zero-order chi connectivity index (χ0) is 15.4. The second-order valence-corrected chi connectivity index (χ2v) is 5.55. The third kappa shape index (κ3) is 3.98. The molecule has 0 spiro atoms. The van der Waals surface area contributed by atoms with Gasteiger partial charge in [0.1, 0.15) is 12.4 Å². The first kappa shape index (κ1) is 15.4. The predicted octanol–water partition coefficient (Wildman–Crippen LogP) is 1.92. The van der Waals surface area contributed by atoms with Gasteiger partial charge in [0.15, 0.2) is 5.69 Å². The molecule has 1 amide bonds. The Morgan fingerprint density at radius 1 is 1.43 bits per heavy atom. The number of nitrogens with zero attached hydrogens (tertiary/aromatic N) is 3. The van der Waals surface area contributed by atoms with Crippen LogP contribution < -0.4 is 10.5 Å². The number of carbonyl (C=O) groups excluding carboxylic acids is 1. The Kier molecular flexibility index (Phi) is 4.85. The number of nitrogen functional groups attached to an aromatic ring is 1. The lowest BCUT2D eigenvalue weighted by Crippen LogP contribution is -2.31. The van der Waals surface area contributed by atoms with Gasteiger partial charge in [-0.1, -0.05) is 15.9 Å². The van der Waals surface area contributed by atoms with Crippen LogP contribution in [0.4, 0.5) is 5.69 Å². The largest absolute Gasteiger partial charge is 0.492 e. The molecule has 1 aromatic carbocycles. The summed E-state index contributed by atoms with van der Waals surface area (Å²) >= 11 is 3.36. The number of nitrogens with two attached hydrogens (primary N) is 1. The van der Waals surface area contributed by atoms with Crippen molar-refractivity contribution >= 4 is 27.5 Å². The Labute approximate surface area is 131 Å². The van der Waals surface area contributed by atoms with Gasteiger partial charge in [-0.3, -0.25) is 9.48 Å². The number of hydrogen-bond acceptors (Lipinski definition) is 4. The number of halogens is 1. The summed E-state index contributed by atoms with van der Waals surface area (Å²) in [5.41, 5.74) is 6.39. The van der Waals surface area contributed by atoms with Crippen LogP contribution in [-0.2, 0) is 7.05 Å². The smallest absolute Gasteiger partial charge is 0.276 e. The summed E-state index contributed by atoms with van der Waals surface area (Å²) in [4.78, 5) is 13.7. The van der Waals surface area contributed by atoms with Crippen LogP contribution >= 0.6 is 15.9 Å². The molecule has 7 heteroatoms. The summed E-state index contributed by atoms with van der Waals surface area (Å²) in [7, 11) is 3.42. The topological polar surface area (TPSA) is 73.4 Å². The highest BCUT2D eigenvalue weighted by Gasteiger charge is 2.18. The van der Waals surface area contributed by atoms with Crippen molar-refractivity contribution < 1.29 is 9.53 Å². The van der Waals surface area contributed by atoms with Crippen molar-refractivity contribution in [2.45, 2.75) is 0 Å². The first-order valence-electron chi connectivity index (χ1n) is 6.40. The van der Waals surface area contributed by atoms with Gasteiger partial charge >= 0.3 is 0 Å². The van der Waals surface area contributed by atoms with Crippen molar-refractivity contribution in [3.05, 3.63) is 40.6 Å². The SMILES string of the molecule is CN(CCOc1ccc(Br)cc1)C(=O)c1nn(C)cc1N. The molecule has 0 unspecified atom stereocenters. The van der Waals surface area contributed by atoms with E-state index in [1.807, 2.05) is 24.3 Å². The number of hydrogen-bond donors (Lipinski definition) is 1. The molecular formula is C14H17BrN4O2. The van der Waals surface area contributed by atoms with Crippen LogP contribution in [0, 0.1) is 0 Å². The van der Waals surface area contributed by atoms with Gasteiger partial charge in [-0.25, -0.2) is 0 Å². The maximum atomic E-state index is 12.2. The average molecular weight is 353 g/mol. The molecule has 0 aliphatic carbocycles. The third-order valence-electron chi connectivity index (χ3n) is 2.92. The fraction of sp³-hybridized carbons (Fsp3) is 0.286. The lowest BCUT2D eigenvalue weighted by molar-refractivity contribution is 0.0768. The minimum absolute atomic E-state index is 0.215. The van der Waals surface area contributed by atoms with Gasteiger partial charge in [0, 0.05) is 24.8 Å². The highest BCUT2D eigenvalue weighted by Crippen LogP contribution is 2.16. The molecule has 1 aromatic heterocycles. The molecule has 0 bridgehead atoms. The number of benzene rings is 1. The average Bonchev–Trinajstić information content (AvgIpc) is 2.79. The summed E-state index contributed by atoms with van der Waals surface area (Å²) in [6.07, 6.45) is 1.61. The molecule has 2 aromatic rings. The fourth-order valence-corrected chi connectivity index (χ4v) is 2.05. The van der Waals surface area contributed by atoms with Gasteiger partial charge in [-0.2, -0.15) is 5.10 Å². The minimum atomic E-state index is -0.215. The van der Waals surface area contributed by atoms with E-state index in [1.54, 1.807) is 20.3 Å². The number of rotatable bonds is 5. The van der Waals surface area contributed by atoms with Crippen LogP contribution in [0.15, 0.2) is 34.9 Å². The molecule has 0 atom stereocenters. The van der Waals surface area contributed by atoms with E-state index in [9.17, 15) is 4.79 Å². The summed E-state index contributed by atoms with van der Waals surface area (Å²) in [5.74, 6) is 0.545. The summed E-state index contributed by atoms with van der Waals surface area (Å²) < 4.78 is 8.10. The summed E-state index contributed by atoms with van der Waals surface area (Å²) in [6.45, 7) is 0.849. The first-order chi connectivity index (χ1) is 9.97. The molecular weight excluding hydrogens is 336 g/mol. The first-order valence-corrected chi connectivity index (χ1v) is 7.19. The van der Waals surface area contributed by atoms with Gasteiger partial charge in [-0.05, 0) is 24.3 Å². The summed E-state index contributed by atoms with van der Waals surface area (Å²) in [5, 5.41) is 4.06. The van der Waals surface area contributed by atoms with E-state index >= 15 is 0 Å². The van der Waals surface area contributed by atoms with Crippen LogP contribution in [0.2, 0.25) is 0 Å². The molecule has 6 nitrogen and oxygen atoms in total. The van der Waals surface area contributed by atoms with Crippen molar-refractivity contribution in [2.75, 3.05) is 25.9 Å². The van der Waals surface area contributed by atoms with E-state index in [2.05, 4.69) is 21.0 Å². The van der Waals surface area contributed by atoms with Crippen LogP contribution in [0.5, 0.6) is 5.75 Å². The Hall–Kier alpha value is -2.02. The lowest BCUT2D eigenvalue weighted by atomic mass is 10.3. The number of ether oxygens (including phenoxy) is 1. The maximum absolute atomic E-state index is 12.2. The van der Waals surface area contributed by atoms with Gasteiger partial charge in [-0.15, -0.1) is 0 Å². The zero-order valence-electron chi connectivity index (χ0n) is 11.9. The molecule has 21 heavy (non-hydrogen) atoms. The number of carbonyl (C=O) groups is 1. The molecule has 0 aliphatic heterocycles. The molecule has 1 heterocycles. The van der Waals surface area contributed by atoms with Crippen molar-refractivity contribution in [1.29, 1.82) is 0 Å². The van der Waals surface area contributed by atoms with Gasteiger partial charge in [0.2, 0.25) is 0 Å². The minimum Gasteiger partial charge on any atom is -0.492 e. The summed E-state index contributed by atoms with van der Waals surface area (Å²) in [6, 6.07) is 7.53.